The average Bonchev–Trinajstić information content (AvgIpc) is 2.82. The molecule has 2 amide bonds. The molecule has 6 nitrogen and oxygen atoms in total. The van der Waals surface area contributed by atoms with Crippen LogP contribution < -0.4 is 10.6 Å². The summed E-state index contributed by atoms with van der Waals surface area (Å²) in [6.07, 6.45) is 0.252. The number of rotatable bonds is 9. The molecule has 1 aliphatic heterocycles. The maximum atomic E-state index is 12.9. The molecule has 1 saturated heterocycles. The normalized spacial score (nSPS) is 15.2. The van der Waals surface area contributed by atoms with E-state index in [4.69, 9.17) is 0 Å². The lowest BCUT2D eigenvalue weighted by molar-refractivity contribution is -0.141. The summed E-state index contributed by atoms with van der Waals surface area (Å²) < 4.78 is 38.6. The van der Waals surface area contributed by atoms with Crippen molar-refractivity contribution in [1.82, 2.24) is 15.2 Å². The Morgan fingerprint density at radius 2 is 1.82 bits per heavy atom. The minimum Gasteiger partial charge on any atom is -0.356 e. The van der Waals surface area contributed by atoms with Gasteiger partial charge in [-0.25, -0.2) is 4.98 Å². The molecule has 0 atom stereocenters. The molecule has 1 aliphatic rings. The van der Waals surface area contributed by atoms with Crippen LogP contribution in [0.5, 0.6) is 0 Å². The fraction of sp³-hybridized carbons (Fsp3) is 0.480. The van der Waals surface area contributed by atoms with Crippen LogP contribution in [-0.4, -0.2) is 41.3 Å². The summed E-state index contributed by atoms with van der Waals surface area (Å²) in [7, 11) is 0. The summed E-state index contributed by atoms with van der Waals surface area (Å²) in [6, 6.07) is 10.5. The Morgan fingerprint density at radius 3 is 2.53 bits per heavy atom. The van der Waals surface area contributed by atoms with E-state index in [-0.39, 0.29) is 17.5 Å². The smallest absolute Gasteiger partial charge is 0.356 e. The minimum atomic E-state index is -4.61. The first-order valence-electron chi connectivity index (χ1n) is 11.7. The van der Waals surface area contributed by atoms with E-state index < -0.39 is 17.8 Å². The molecular weight excluding hydrogens is 445 g/mol. The second-order valence-electron chi connectivity index (χ2n) is 8.61. The van der Waals surface area contributed by atoms with Crippen LogP contribution in [0.1, 0.15) is 60.8 Å². The maximum Gasteiger partial charge on any atom is 0.433 e. The summed E-state index contributed by atoms with van der Waals surface area (Å²) >= 11 is 0. The second-order valence-corrected chi connectivity index (χ2v) is 8.61. The van der Waals surface area contributed by atoms with Crippen molar-refractivity contribution < 1.29 is 22.8 Å². The van der Waals surface area contributed by atoms with Gasteiger partial charge in [-0.2, -0.15) is 13.2 Å². The van der Waals surface area contributed by atoms with Crippen LogP contribution in [0, 0.1) is 5.92 Å². The van der Waals surface area contributed by atoms with E-state index in [1.165, 1.54) is 6.07 Å². The molecule has 9 heteroatoms. The Balaban J connectivity index is 1.51. The van der Waals surface area contributed by atoms with Crippen molar-refractivity contribution in [3.63, 3.8) is 0 Å². The standard InChI is InChI=1S/C25H31F3N4O2/c1-2-3-4-13-29-23(33)19-11-14-32(15-12-19)17-18-7-5-8-20(16-18)30-24(34)21-9-6-10-22(31-21)25(26,27)28/h5-10,16,19H,2-4,11-15,17H2,1H3,(H,29,33)(H,30,34). The molecule has 0 spiro atoms. The van der Waals surface area contributed by atoms with Crippen molar-refractivity contribution >= 4 is 17.5 Å². The third kappa shape index (κ3) is 7.55. The molecule has 2 N–H and O–H groups in total. The SMILES string of the molecule is CCCCCNC(=O)C1CCN(Cc2cccc(NC(=O)c3cccc(C(F)(F)F)n3)c2)CC1. The van der Waals surface area contributed by atoms with E-state index in [1.54, 1.807) is 18.2 Å². The molecule has 2 aromatic rings. The van der Waals surface area contributed by atoms with Crippen molar-refractivity contribution in [2.24, 2.45) is 5.92 Å². The zero-order chi connectivity index (χ0) is 24.6. The van der Waals surface area contributed by atoms with Crippen LogP contribution in [0.3, 0.4) is 0 Å². The summed E-state index contributed by atoms with van der Waals surface area (Å²) in [5.41, 5.74) is 0.0579. The van der Waals surface area contributed by atoms with Gasteiger partial charge in [0.05, 0.1) is 0 Å². The largest absolute Gasteiger partial charge is 0.433 e. The molecule has 0 saturated carbocycles. The predicted octanol–water partition coefficient (Wildman–Crippen LogP) is 4.87. The minimum absolute atomic E-state index is 0.0449. The van der Waals surface area contributed by atoms with Gasteiger partial charge < -0.3 is 10.6 Å². The van der Waals surface area contributed by atoms with Crippen LogP contribution in [0.2, 0.25) is 0 Å². The average molecular weight is 477 g/mol. The van der Waals surface area contributed by atoms with E-state index in [0.29, 0.717) is 12.2 Å². The molecule has 1 fully saturated rings. The number of unbranched alkanes of at least 4 members (excludes halogenated alkanes) is 2. The van der Waals surface area contributed by atoms with Crippen molar-refractivity contribution in [2.75, 3.05) is 25.0 Å². The molecule has 1 aromatic heterocycles. The highest BCUT2D eigenvalue weighted by molar-refractivity contribution is 6.02. The van der Waals surface area contributed by atoms with Gasteiger partial charge in [0.15, 0.2) is 0 Å². The first kappa shape index (κ1) is 25.7. The highest BCUT2D eigenvalue weighted by atomic mass is 19.4. The Labute approximate surface area is 197 Å². The number of carbonyl (C=O) groups is 2. The molecule has 2 heterocycles. The molecular formula is C25H31F3N4O2. The topological polar surface area (TPSA) is 74.3 Å². The number of pyridine rings is 1. The number of amides is 2. The summed E-state index contributed by atoms with van der Waals surface area (Å²) in [5, 5.41) is 5.66. The Hall–Kier alpha value is -2.94. The van der Waals surface area contributed by atoms with Gasteiger partial charge in [-0.3, -0.25) is 14.5 Å². The first-order valence-corrected chi connectivity index (χ1v) is 11.7. The number of aromatic nitrogens is 1. The van der Waals surface area contributed by atoms with Gasteiger partial charge in [0, 0.05) is 24.7 Å². The number of hydrogen-bond acceptors (Lipinski definition) is 4. The predicted molar refractivity (Wildman–Crippen MR) is 124 cm³/mol. The number of nitrogens with one attached hydrogen (secondary N) is 2. The van der Waals surface area contributed by atoms with Gasteiger partial charge in [-0.1, -0.05) is 38.0 Å². The zero-order valence-corrected chi connectivity index (χ0v) is 19.3. The fourth-order valence-corrected chi connectivity index (χ4v) is 4.00. The lowest BCUT2D eigenvalue weighted by Gasteiger charge is -2.31. The van der Waals surface area contributed by atoms with Crippen molar-refractivity contribution in [3.8, 4) is 0 Å². The van der Waals surface area contributed by atoms with E-state index in [0.717, 1.165) is 69.4 Å². The number of alkyl halides is 3. The van der Waals surface area contributed by atoms with Crippen LogP contribution in [0.25, 0.3) is 0 Å². The first-order chi connectivity index (χ1) is 16.3. The number of hydrogen-bond donors (Lipinski definition) is 2. The summed E-state index contributed by atoms with van der Waals surface area (Å²) in [5.74, 6) is -0.513. The molecule has 0 radical (unpaired) electrons. The Morgan fingerprint density at radius 1 is 1.09 bits per heavy atom. The van der Waals surface area contributed by atoms with E-state index in [2.05, 4.69) is 27.4 Å². The number of carbonyl (C=O) groups excluding carboxylic acids is 2. The maximum absolute atomic E-state index is 12.9. The van der Waals surface area contributed by atoms with E-state index >= 15 is 0 Å². The second kappa shape index (κ2) is 12.0. The van der Waals surface area contributed by atoms with Crippen LogP contribution in [0.4, 0.5) is 18.9 Å². The van der Waals surface area contributed by atoms with E-state index in [1.807, 2.05) is 6.07 Å². The van der Waals surface area contributed by atoms with Crippen LogP contribution >= 0.6 is 0 Å². The summed E-state index contributed by atoms with van der Waals surface area (Å²) in [6.45, 7) is 5.14. The van der Waals surface area contributed by atoms with Gasteiger partial charge >= 0.3 is 6.18 Å². The molecule has 34 heavy (non-hydrogen) atoms. The zero-order valence-electron chi connectivity index (χ0n) is 19.3. The third-order valence-corrected chi connectivity index (χ3v) is 5.90. The van der Waals surface area contributed by atoms with Gasteiger partial charge in [-0.05, 0) is 62.2 Å². The molecule has 0 unspecified atom stereocenters. The monoisotopic (exact) mass is 476 g/mol. The number of benzene rings is 1. The molecule has 3 rings (SSSR count). The number of anilines is 1. The molecule has 0 bridgehead atoms. The Kier molecular flexibility index (Phi) is 9.04. The number of piperidine rings is 1. The number of nitrogens with zero attached hydrogens (tertiary/aromatic N) is 2. The quantitative estimate of drug-likeness (QED) is 0.507. The van der Waals surface area contributed by atoms with Gasteiger partial charge in [0.2, 0.25) is 5.91 Å². The molecule has 184 valence electrons. The van der Waals surface area contributed by atoms with Gasteiger partial charge in [0.25, 0.3) is 5.91 Å². The fourth-order valence-electron chi connectivity index (χ4n) is 4.00. The highest BCUT2D eigenvalue weighted by Gasteiger charge is 2.33. The number of halogens is 3. The lowest BCUT2D eigenvalue weighted by Crippen LogP contribution is -2.40. The van der Waals surface area contributed by atoms with Crippen molar-refractivity contribution in [3.05, 3.63) is 59.4 Å². The highest BCUT2D eigenvalue weighted by Crippen LogP contribution is 2.27. The van der Waals surface area contributed by atoms with Crippen LogP contribution in [0.15, 0.2) is 42.5 Å². The van der Waals surface area contributed by atoms with Crippen molar-refractivity contribution in [1.29, 1.82) is 0 Å². The van der Waals surface area contributed by atoms with Gasteiger partial charge in [0.1, 0.15) is 11.4 Å². The van der Waals surface area contributed by atoms with Crippen molar-refractivity contribution in [2.45, 2.75) is 51.7 Å². The van der Waals surface area contributed by atoms with E-state index in [9.17, 15) is 22.8 Å². The Bertz CT molecular complexity index is 973. The molecule has 0 aliphatic carbocycles. The van der Waals surface area contributed by atoms with Gasteiger partial charge in [-0.15, -0.1) is 0 Å². The molecule has 1 aromatic carbocycles. The summed E-state index contributed by atoms with van der Waals surface area (Å²) in [4.78, 5) is 30.4. The number of likely N-dealkylation sites (tertiary alicyclic amines) is 1. The third-order valence-electron chi connectivity index (χ3n) is 5.90. The van der Waals surface area contributed by atoms with Crippen LogP contribution in [-0.2, 0) is 17.5 Å². The lowest BCUT2D eigenvalue weighted by atomic mass is 9.95.